The highest BCUT2D eigenvalue weighted by molar-refractivity contribution is 6.33. The lowest BCUT2D eigenvalue weighted by Crippen LogP contribution is -1.90. The number of non-ortho nitro benzene ring substituents is 1. The van der Waals surface area contributed by atoms with E-state index in [0.29, 0.717) is 22.0 Å². The average molecular weight is 365 g/mol. The molecule has 0 heterocycles. The third kappa shape index (κ3) is 4.58. The molecule has 0 saturated carbocycles. The number of aliphatic imine (C=N–C) groups is 1. The summed E-state index contributed by atoms with van der Waals surface area (Å²) >= 11 is 6.05. The number of halogens is 1. The van der Waals surface area contributed by atoms with Gasteiger partial charge in [0.05, 0.1) is 22.0 Å². The largest absolute Gasteiger partial charge is 0.270 e. The second-order valence-corrected chi connectivity index (χ2v) is 5.68. The monoisotopic (exact) mass is 364 g/mol. The maximum Gasteiger partial charge on any atom is 0.270 e. The van der Waals surface area contributed by atoms with Gasteiger partial charge in [0.25, 0.3) is 5.69 Å². The van der Waals surface area contributed by atoms with E-state index >= 15 is 0 Å². The highest BCUT2D eigenvalue weighted by Gasteiger charge is 2.08. The van der Waals surface area contributed by atoms with E-state index in [1.54, 1.807) is 24.3 Å². The lowest BCUT2D eigenvalue weighted by Gasteiger charge is -1.99. The molecule has 0 aliphatic heterocycles. The first kappa shape index (κ1) is 17.4. The maximum absolute atomic E-state index is 10.8. The van der Waals surface area contributed by atoms with Crippen LogP contribution in [0.1, 0.15) is 5.56 Å². The lowest BCUT2D eigenvalue weighted by atomic mass is 10.2. The van der Waals surface area contributed by atoms with Gasteiger partial charge in [-0.15, -0.1) is 0 Å². The van der Waals surface area contributed by atoms with Crippen molar-refractivity contribution in [3.8, 4) is 0 Å². The topological polar surface area (TPSA) is 80.2 Å². The standard InChI is InChI=1S/C19H13ClN4O2/c20-19-11-10-18(24(25)26)12-14(19)13-21-15-6-8-17(9-7-15)23-22-16-4-2-1-3-5-16/h1-13H. The molecule has 0 fully saturated rings. The molecule has 0 unspecified atom stereocenters. The van der Waals surface area contributed by atoms with E-state index in [1.807, 2.05) is 30.3 Å². The Balaban J connectivity index is 1.73. The van der Waals surface area contributed by atoms with E-state index in [1.165, 1.54) is 24.4 Å². The summed E-state index contributed by atoms with van der Waals surface area (Å²) in [4.78, 5) is 14.7. The molecule has 0 aliphatic rings. The van der Waals surface area contributed by atoms with Gasteiger partial charge in [-0.3, -0.25) is 15.1 Å². The normalized spacial score (nSPS) is 11.3. The fraction of sp³-hybridized carbons (Fsp3) is 0. The summed E-state index contributed by atoms with van der Waals surface area (Å²) in [6.45, 7) is 0. The van der Waals surface area contributed by atoms with E-state index in [0.717, 1.165) is 5.69 Å². The molecule has 0 saturated heterocycles. The third-order valence-corrected chi connectivity index (χ3v) is 3.77. The fourth-order valence-corrected chi connectivity index (χ4v) is 2.27. The molecule has 26 heavy (non-hydrogen) atoms. The Bertz CT molecular complexity index is 971. The quantitative estimate of drug-likeness (QED) is 0.227. The minimum Gasteiger partial charge on any atom is -0.258 e. The molecular weight excluding hydrogens is 352 g/mol. The van der Waals surface area contributed by atoms with Crippen LogP contribution in [-0.4, -0.2) is 11.1 Å². The minimum atomic E-state index is -0.472. The summed E-state index contributed by atoms with van der Waals surface area (Å²) in [6, 6.07) is 20.8. The number of nitro benzene ring substituents is 1. The van der Waals surface area contributed by atoms with Crippen LogP contribution in [0.15, 0.2) is 88.0 Å². The predicted molar refractivity (Wildman–Crippen MR) is 102 cm³/mol. The Morgan fingerprint density at radius 1 is 0.846 bits per heavy atom. The molecule has 0 atom stereocenters. The lowest BCUT2D eigenvalue weighted by molar-refractivity contribution is -0.384. The molecule has 0 radical (unpaired) electrons. The second-order valence-electron chi connectivity index (χ2n) is 5.27. The first-order chi connectivity index (χ1) is 12.6. The molecule has 6 nitrogen and oxygen atoms in total. The van der Waals surface area contributed by atoms with Crippen molar-refractivity contribution >= 4 is 40.6 Å². The van der Waals surface area contributed by atoms with Gasteiger partial charge in [-0.1, -0.05) is 29.8 Å². The minimum absolute atomic E-state index is 0.0347. The fourth-order valence-electron chi connectivity index (χ4n) is 2.10. The van der Waals surface area contributed by atoms with Crippen LogP contribution in [0.3, 0.4) is 0 Å². The van der Waals surface area contributed by atoms with Crippen LogP contribution in [0.2, 0.25) is 5.02 Å². The third-order valence-electron chi connectivity index (χ3n) is 3.43. The van der Waals surface area contributed by atoms with E-state index in [2.05, 4.69) is 15.2 Å². The number of benzene rings is 3. The van der Waals surface area contributed by atoms with E-state index < -0.39 is 4.92 Å². The van der Waals surface area contributed by atoms with Gasteiger partial charge in [0.2, 0.25) is 0 Å². The van der Waals surface area contributed by atoms with E-state index in [9.17, 15) is 10.1 Å². The summed E-state index contributed by atoms with van der Waals surface area (Å²) in [7, 11) is 0. The Morgan fingerprint density at radius 2 is 1.46 bits per heavy atom. The summed E-state index contributed by atoms with van der Waals surface area (Å²) in [5, 5.41) is 19.5. The number of nitro groups is 1. The van der Waals surface area contributed by atoms with Crippen molar-refractivity contribution in [3.05, 3.63) is 93.5 Å². The molecular formula is C19H13ClN4O2. The number of rotatable bonds is 5. The van der Waals surface area contributed by atoms with E-state index in [-0.39, 0.29) is 5.69 Å². The molecule has 0 bridgehead atoms. The molecule has 0 N–H and O–H groups in total. The smallest absolute Gasteiger partial charge is 0.258 e. The van der Waals surface area contributed by atoms with Gasteiger partial charge in [-0.05, 0) is 42.5 Å². The van der Waals surface area contributed by atoms with Gasteiger partial charge in [0.15, 0.2) is 0 Å². The van der Waals surface area contributed by atoms with Crippen molar-refractivity contribution in [1.29, 1.82) is 0 Å². The first-order valence-electron chi connectivity index (χ1n) is 7.67. The number of hydrogen-bond acceptors (Lipinski definition) is 5. The van der Waals surface area contributed by atoms with Crippen LogP contribution in [0.4, 0.5) is 22.7 Å². The molecule has 3 rings (SSSR count). The van der Waals surface area contributed by atoms with Gasteiger partial charge in [0, 0.05) is 28.9 Å². The molecule has 3 aromatic rings. The van der Waals surface area contributed by atoms with Gasteiger partial charge in [-0.25, -0.2) is 0 Å². The average Bonchev–Trinajstić information content (AvgIpc) is 2.67. The molecule has 0 spiro atoms. The second kappa shape index (κ2) is 8.13. The van der Waals surface area contributed by atoms with E-state index in [4.69, 9.17) is 11.6 Å². The summed E-state index contributed by atoms with van der Waals surface area (Å²) < 4.78 is 0. The highest BCUT2D eigenvalue weighted by Crippen LogP contribution is 2.23. The Morgan fingerprint density at radius 3 is 2.12 bits per heavy atom. The maximum atomic E-state index is 10.8. The van der Waals surface area contributed by atoms with Crippen LogP contribution >= 0.6 is 11.6 Å². The van der Waals surface area contributed by atoms with Crippen molar-refractivity contribution < 1.29 is 4.92 Å². The zero-order chi connectivity index (χ0) is 18.4. The van der Waals surface area contributed by atoms with Crippen molar-refractivity contribution in [3.63, 3.8) is 0 Å². The van der Waals surface area contributed by atoms with Crippen molar-refractivity contribution in [2.45, 2.75) is 0 Å². The summed E-state index contributed by atoms with van der Waals surface area (Å²) in [5.74, 6) is 0. The molecule has 0 amide bonds. The van der Waals surface area contributed by atoms with Gasteiger partial charge >= 0.3 is 0 Å². The summed E-state index contributed by atoms with van der Waals surface area (Å²) in [6.07, 6.45) is 1.50. The van der Waals surface area contributed by atoms with Crippen molar-refractivity contribution in [2.75, 3.05) is 0 Å². The highest BCUT2D eigenvalue weighted by atomic mass is 35.5. The number of nitrogens with zero attached hydrogens (tertiary/aromatic N) is 4. The zero-order valence-electron chi connectivity index (χ0n) is 13.5. The van der Waals surface area contributed by atoms with Crippen LogP contribution in [0.25, 0.3) is 0 Å². The Kier molecular flexibility index (Phi) is 5.46. The molecule has 3 aromatic carbocycles. The molecule has 0 aromatic heterocycles. The SMILES string of the molecule is O=[N+]([O-])c1ccc(Cl)c(C=Nc2ccc(N=Nc3ccccc3)cc2)c1. The van der Waals surface area contributed by atoms with Crippen LogP contribution < -0.4 is 0 Å². The Hall–Kier alpha value is -3.38. The van der Waals surface area contributed by atoms with Crippen molar-refractivity contribution in [1.82, 2.24) is 0 Å². The predicted octanol–water partition coefficient (Wildman–Crippen LogP) is 6.41. The van der Waals surface area contributed by atoms with Crippen LogP contribution in [0, 0.1) is 10.1 Å². The molecule has 0 aliphatic carbocycles. The van der Waals surface area contributed by atoms with Crippen molar-refractivity contribution in [2.24, 2.45) is 15.2 Å². The molecule has 7 heteroatoms. The number of azo groups is 1. The van der Waals surface area contributed by atoms with Gasteiger partial charge < -0.3 is 0 Å². The summed E-state index contributed by atoms with van der Waals surface area (Å²) in [5.41, 5.74) is 2.59. The van der Waals surface area contributed by atoms with Crippen LogP contribution in [0.5, 0.6) is 0 Å². The zero-order valence-corrected chi connectivity index (χ0v) is 14.2. The van der Waals surface area contributed by atoms with Gasteiger partial charge in [0.1, 0.15) is 0 Å². The Labute approximate surface area is 154 Å². The number of hydrogen-bond donors (Lipinski definition) is 0. The van der Waals surface area contributed by atoms with Crippen LogP contribution in [-0.2, 0) is 0 Å². The first-order valence-corrected chi connectivity index (χ1v) is 8.04. The van der Waals surface area contributed by atoms with Gasteiger partial charge in [-0.2, -0.15) is 10.2 Å². The molecule has 128 valence electrons.